The van der Waals surface area contributed by atoms with Crippen LogP contribution in [0.2, 0.25) is 0 Å². The average molecular weight is 381 g/mol. The molecule has 0 spiro atoms. The Hall–Kier alpha value is -2.60. The van der Waals surface area contributed by atoms with Crippen LogP contribution in [0.15, 0.2) is 59.6 Å². The summed E-state index contributed by atoms with van der Waals surface area (Å²) in [6, 6.07) is 15.6. The van der Waals surface area contributed by atoms with Gasteiger partial charge in [-0.3, -0.25) is 4.79 Å². The lowest BCUT2D eigenvalue weighted by atomic mass is 9.92. The fourth-order valence-electron chi connectivity index (χ4n) is 2.53. The largest absolute Gasteiger partial charge is 0.310 e. The number of rotatable bonds is 5. The molecule has 0 bridgehead atoms. The van der Waals surface area contributed by atoms with Gasteiger partial charge in [0.2, 0.25) is 5.91 Å². The molecule has 5 nitrogen and oxygen atoms in total. The van der Waals surface area contributed by atoms with Gasteiger partial charge < -0.3 is 5.32 Å². The van der Waals surface area contributed by atoms with Gasteiger partial charge in [0.15, 0.2) is 5.82 Å². The standard InChI is InChI=1S/C21H24N4OS/c1-15-9-5-6-10-16(15)27-14-20(26)23-19-13-17(21(2,3)4)24-25(19)18-11-7-8-12-22-18/h5-13H,14H2,1-4H3,(H,23,26). The van der Waals surface area contributed by atoms with Crippen LogP contribution in [-0.2, 0) is 10.2 Å². The first-order valence-electron chi connectivity index (χ1n) is 8.85. The monoisotopic (exact) mass is 380 g/mol. The number of hydrogen-bond acceptors (Lipinski definition) is 4. The van der Waals surface area contributed by atoms with E-state index in [1.54, 1.807) is 10.9 Å². The number of aryl methyl sites for hydroxylation is 1. The van der Waals surface area contributed by atoms with Gasteiger partial charge in [-0.05, 0) is 30.7 Å². The molecule has 3 aromatic rings. The molecule has 0 radical (unpaired) electrons. The molecule has 27 heavy (non-hydrogen) atoms. The third-order valence-corrected chi connectivity index (χ3v) is 5.24. The Morgan fingerprint density at radius 2 is 1.89 bits per heavy atom. The quantitative estimate of drug-likeness (QED) is 0.657. The van der Waals surface area contributed by atoms with E-state index in [1.165, 1.54) is 17.3 Å². The van der Waals surface area contributed by atoms with E-state index in [0.717, 1.165) is 10.6 Å². The third kappa shape index (κ3) is 4.77. The second-order valence-corrected chi connectivity index (χ2v) is 8.38. The number of anilines is 1. The van der Waals surface area contributed by atoms with Crippen molar-refractivity contribution in [3.8, 4) is 5.82 Å². The average Bonchev–Trinajstić information content (AvgIpc) is 3.06. The minimum Gasteiger partial charge on any atom is -0.310 e. The van der Waals surface area contributed by atoms with Crippen molar-refractivity contribution in [1.29, 1.82) is 0 Å². The van der Waals surface area contributed by atoms with Crippen LogP contribution >= 0.6 is 11.8 Å². The second kappa shape index (κ2) is 7.96. The summed E-state index contributed by atoms with van der Waals surface area (Å²) in [5.41, 5.74) is 1.94. The summed E-state index contributed by atoms with van der Waals surface area (Å²) in [5, 5.41) is 7.66. The number of benzene rings is 1. The molecule has 140 valence electrons. The van der Waals surface area contributed by atoms with E-state index < -0.39 is 0 Å². The minimum atomic E-state index is -0.130. The Labute approximate surface area is 164 Å². The number of hydrogen-bond donors (Lipinski definition) is 1. The van der Waals surface area contributed by atoms with Gasteiger partial charge in [-0.2, -0.15) is 9.78 Å². The molecule has 0 unspecified atom stereocenters. The predicted molar refractivity (Wildman–Crippen MR) is 111 cm³/mol. The van der Waals surface area contributed by atoms with Crippen molar-refractivity contribution >= 4 is 23.5 Å². The lowest BCUT2D eigenvalue weighted by Gasteiger charge is -2.13. The van der Waals surface area contributed by atoms with E-state index >= 15 is 0 Å². The summed E-state index contributed by atoms with van der Waals surface area (Å²) in [5.74, 6) is 1.58. The minimum absolute atomic E-state index is 0.0687. The maximum Gasteiger partial charge on any atom is 0.235 e. The molecule has 1 amide bonds. The van der Waals surface area contributed by atoms with Crippen LogP contribution < -0.4 is 5.32 Å². The van der Waals surface area contributed by atoms with Crippen molar-refractivity contribution in [2.75, 3.05) is 11.1 Å². The molecule has 2 heterocycles. The summed E-state index contributed by atoms with van der Waals surface area (Å²) >= 11 is 1.53. The fraction of sp³-hybridized carbons (Fsp3) is 0.286. The first-order chi connectivity index (χ1) is 12.8. The van der Waals surface area contributed by atoms with Crippen molar-refractivity contribution in [2.45, 2.75) is 38.0 Å². The van der Waals surface area contributed by atoms with Crippen molar-refractivity contribution in [2.24, 2.45) is 0 Å². The topological polar surface area (TPSA) is 59.8 Å². The highest BCUT2D eigenvalue weighted by atomic mass is 32.2. The molecule has 1 N–H and O–H groups in total. The summed E-state index contributed by atoms with van der Waals surface area (Å²) in [4.78, 5) is 18.0. The van der Waals surface area contributed by atoms with Crippen LogP contribution in [0.25, 0.3) is 5.82 Å². The smallest absolute Gasteiger partial charge is 0.235 e. The Balaban J connectivity index is 1.80. The lowest BCUT2D eigenvalue weighted by molar-refractivity contribution is -0.113. The molecule has 0 saturated carbocycles. The van der Waals surface area contributed by atoms with Gasteiger partial charge >= 0.3 is 0 Å². The zero-order chi connectivity index (χ0) is 19.4. The number of carbonyl (C=O) groups is 1. The van der Waals surface area contributed by atoms with E-state index in [1.807, 2.05) is 55.5 Å². The van der Waals surface area contributed by atoms with Crippen LogP contribution in [0.3, 0.4) is 0 Å². The van der Waals surface area contributed by atoms with Gasteiger partial charge in [0.25, 0.3) is 0 Å². The van der Waals surface area contributed by atoms with Gasteiger partial charge in [0, 0.05) is 22.6 Å². The highest BCUT2D eigenvalue weighted by Gasteiger charge is 2.21. The van der Waals surface area contributed by atoms with Gasteiger partial charge in [0.05, 0.1) is 11.4 Å². The molecule has 0 aliphatic rings. The first kappa shape index (κ1) is 19.2. The highest BCUT2D eigenvalue weighted by molar-refractivity contribution is 8.00. The van der Waals surface area contributed by atoms with E-state index in [2.05, 4.69) is 36.2 Å². The molecule has 0 fully saturated rings. The first-order valence-corrected chi connectivity index (χ1v) is 9.83. The molecule has 0 atom stereocenters. The van der Waals surface area contributed by atoms with Crippen LogP contribution in [-0.4, -0.2) is 26.4 Å². The zero-order valence-electron chi connectivity index (χ0n) is 16.1. The maximum atomic E-state index is 12.5. The predicted octanol–water partition coefficient (Wildman–Crippen LogP) is 4.60. The van der Waals surface area contributed by atoms with E-state index in [0.29, 0.717) is 17.4 Å². The van der Waals surface area contributed by atoms with Gasteiger partial charge in [-0.15, -0.1) is 11.8 Å². The number of aromatic nitrogens is 3. The second-order valence-electron chi connectivity index (χ2n) is 7.37. The summed E-state index contributed by atoms with van der Waals surface area (Å²) < 4.78 is 1.69. The molecule has 0 saturated heterocycles. The molecule has 0 aliphatic carbocycles. The Bertz CT molecular complexity index is 929. The fourth-order valence-corrected chi connectivity index (χ4v) is 3.36. The molecular formula is C21H24N4OS. The number of thioether (sulfide) groups is 1. The Morgan fingerprint density at radius 3 is 2.56 bits per heavy atom. The molecule has 6 heteroatoms. The number of carbonyl (C=O) groups excluding carboxylic acids is 1. The van der Waals surface area contributed by atoms with Gasteiger partial charge in [-0.25, -0.2) is 4.98 Å². The molecule has 2 aromatic heterocycles. The SMILES string of the molecule is Cc1ccccc1SCC(=O)Nc1cc(C(C)(C)C)nn1-c1ccccn1. The summed E-state index contributed by atoms with van der Waals surface area (Å²) in [6.45, 7) is 8.33. The zero-order valence-corrected chi connectivity index (χ0v) is 16.9. The van der Waals surface area contributed by atoms with Crippen molar-refractivity contribution in [3.63, 3.8) is 0 Å². The Kier molecular flexibility index (Phi) is 5.65. The van der Waals surface area contributed by atoms with Crippen molar-refractivity contribution < 1.29 is 4.79 Å². The van der Waals surface area contributed by atoms with E-state index in [4.69, 9.17) is 0 Å². The lowest BCUT2D eigenvalue weighted by Crippen LogP contribution is -2.17. The van der Waals surface area contributed by atoms with Gasteiger partial charge in [0.1, 0.15) is 5.82 Å². The van der Waals surface area contributed by atoms with E-state index in [9.17, 15) is 4.79 Å². The Morgan fingerprint density at radius 1 is 1.15 bits per heavy atom. The number of amides is 1. The van der Waals surface area contributed by atoms with Crippen LogP contribution in [0.5, 0.6) is 0 Å². The third-order valence-electron chi connectivity index (χ3n) is 4.06. The van der Waals surface area contributed by atoms with Crippen molar-refractivity contribution in [1.82, 2.24) is 14.8 Å². The summed E-state index contributed by atoms with van der Waals surface area (Å²) in [7, 11) is 0. The number of nitrogens with one attached hydrogen (secondary N) is 1. The highest BCUT2D eigenvalue weighted by Crippen LogP contribution is 2.26. The molecule has 0 aliphatic heterocycles. The van der Waals surface area contributed by atoms with Crippen LogP contribution in [0.4, 0.5) is 5.82 Å². The normalized spacial score (nSPS) is 11.4. The molecule has 1 aromatic carbocycles. The van der Waals surface area contributed by atoms with Crippen LogP contribution in [0, 0.1) is 6.92 Å². The van der Waals surface area contributed by atoms with E-state index in [-0.39, 0.29) is 11.3 Å². The van der Waals surface area contributed by atoms with Crippen molar-refractivity contribution in [3.05, 3.63) is 66.0 Å². The number of nitrogens with zero attached hydrogens (tertiary/aromatic N) is 3. The maximum absolute atomic E-state index is 12.5. The molecular weight excluding hydrogens is 356 g/mol. The van der Waals surface area contributed by atoms with Crippen LogP contribution in [0.1, 0.15) is 32.0 Å². The molecule has 3 rings (SSSR count). The number of pyridine rings is 1. The summed E-state index contributed by atoms with van der Waals surface area (Å²) in [6.07, 6.45) is 1.72. The van der Waals surface area contributed by atoms with Gasteiger partial charge in [-0.1, -0.05) is 45.0 Å².